The van der Waals surface area contributed by atoms with E-state index in [1.165, 1.54) is 7.11 Å². The standard InChI is InChI=1S/C19H25N3O5/c1-5-21-18(9-10-20-21)22(14(2)3)19(24)12-26-16-7-6-8-17(15(16)11-23)27-13-25-4/h6-11,14H,5,12-13H2,1-4H3. The molecule has 2 rings (SSSR count). The summed E-state index contributed by atoms with van der Waals surface area (Å²) in [7, 11) is 1.49. The molecule has 0 unspecified atom stereocenters. The van der Waals surface area contributed by atoms with Crippen LogP contribution in [-0.4, -0.2) is 48.5 Å². The average Bonchev–Trinajstić information content (AvgIpc) is 3.12. The van der Waals surface area contributed by atoms with E-state index in [2.05, 4.69) is 5.10 Å². The molecule has 8 heteroatoms. The van der Waals surface area contributed by atoms with Gasteiger partial charge in [-0.2, -0.15) is 5.10 Å². The van der Waals surface area contributed by atoms with Crippen LogP contribution in [0.2, 0.25) is 0 Å². The summed E-state index contributed by atoms with van der Waals surface area (Å²) in [5.41, 5.74) is 0.233. The highest BCUT2D eigenvalue weighted by Gasteiger charge is 2.23. The maximum atomic E-state index is 12.8. The molecule has 0 fully saturated rings. The molecule has 0 saturated carbocycles. The third-order valence-corrected chi connectivity index (χ3v) is 3.85. The molecule has 0 atom stereocenters. The molecule has 1 aromatic heterocycles. The fourth-order valence-electron chi connectivity index (χ4n) is 2.68. The summed E-state index contributed by atoms with van der Waals surface area (Å²) in [6.07, 6.45) is 2.29. The van der Waals surface area contributed by atoms with Gasteiger partial charge in [0.2, 0.25) is 0 Å². The van der Waals surface area contributed by atoms with Gasteiger partial charge in [-0.25, -0.2) is 4.68 Å². The van der Waals surface area contributed by atoms with Gasteiger partial charge in [-0.1, -0.05) is 6.07 Å². The van der Waals surface area contributed by atoms with Crippen molar-refractivity contribution in [3.8, 4) is 11.5 Å². The lowest BCUT2D eigenvalue weighted by Gasteiger charge is -2.27. The third-order valence-electron chi connectivity index (χ3n) is 3.85. The number of benzene rings is 1. The Kier molecular flexibility index (Phi) is 7.36. The molecule has 0 saturated heterocycles. The zero-order valence-electron chi connectivity index (χ0n) is 16.0. The van der Waals surface area contributed by atoms with Gasteiger partial charge in [-0.05, 0) is 32.9 Å². The summed E-state index contributed by atoms with van der Waals surface area (Å²) < 4.78 is 17.6. The molecule has 0 aliphatic heterocycles. The number of ether oxygens (including phenoxy) is 3. The Labute approximate surface area is 158 Å². The van der Waals surface area contributed by atoms with E-state index >= 15 is 0 Å². The van der Waals surface area contributed by atoms with Gasteiger partial charge in [0.15, 0.2) is 19.7 Å². The number of hydrogen-bond donors (Lipinski definition) is 0. The number of rotatable bonds is 10. The van der Waals surface area contributed by atoms with Crippen molar-refractivity contribution >= 4 is 18.0 Å². The van der Waals surface area contributed by atoms with Crippen LogP contribution in [0.4, 0.5) is 5.82 Å². The van der Waals surface area contributed by atoms with Gasteiger partial charge in [-0.3, -0.25) is 14.5 Å². The number of aryl methyl sites for hydroxylation is 1. The highest BCUT2D eigenvalue weighted by Crippen LogP contribution is 2.27. The van der Waals surface area contributed by atoms with Crippen LogP contribution in [0.25, 0.3) is 0 Å². The fourth-order valence-corrected chi connectivity index (χ4v) is 2.68. The molecule has 1 heterocycles. The first kappa shape index (κ1) is 20.4. The van der Waals surface area contributed by atoms with Gasteiger partial charge in [-0.15, -0.1) is 0 Å². The molecule has 1 aromatic carbocycles. The molecular formula is C19H25N3O5. The van der Waals surface area contributed by atoms with Crippen LogP contribution >= 0.6 is 0 Å². The van der Waals surface area contributed by atoms with E-state index in [4.69, 9.17) is 14.2 Å². The van der Waals surface area contributed by atoms with Crippen molar-refractivity contribution in [2.75, 3.05) is 25.4 Å². The van der Waals surface area contributed by atoms with E-state index in [0.717, 1.165) is 0 Å². The maximum absolute atomic E-state index is 12.8. The normalized spacial score (nSPS) is 10.7. The predicted molar refractivity (Wildman–Crippen MR) is 100 cm³/mol. The summed E-state index contributed by atoms with van der Waals surface area (Å²) >= 11 is 0. The Morgan fingerprint density at radius 2 is 1.96 bits per heavy atom. The molecule has 0 aliphatic carbocycles. The summed E-state index contributed by atoms with van der Waals surface area (Å²) in [6.45, 7) is 6.22. The second-order valence-corrected chi connectivity index (χ2v) is 5.99. The van der Waals surface area contributed by atoms with Crippen LogP contribution in [0.5, 0.6) is 11.5 Å². The molecule has 0 bridgehead atoms. The fraction of sp³-hybridized carbons (Fsp3) is 0.421. The molecule has 27 heavy (non-hydrogen) atoms. The van der Waals surface area contributed by atoms with Gasteiger partial charge in [0.25, 0.3) is 5.91 Å². The molecule has 1 amide bonds. The number of hydrogen-bond acceptors (Lipinski definition) is 6. The first-order valence-corrected chi connectivity index (χ1v) is 8.70. The topological polar surface area (TPSA) is 82.9 Å². The van der Waals surface area contributed by atoms with Crippen LogP contribution in [0.3, 0.4) is 0 Å². The van der Waals surface area contributed by atoms with Crippen LogP contribution in [0, 0.1) is 0 Å². The van der Waals surface area contributed by atoms with E-state index < -0.39 is 0 Å². The number of anilines is 1. The first-order chi connectivity index (χ1) is 13.0. The van der Waals surface area contributed by atoms with Gasteiger partial charge in [0.05, 0.1) is 11.8 Å². The van der Waals surface area contributed by atoms with Crippen molar-refractivity contribution < 1.29 is 23.8 Å². The minimum Gasteiger partial charge on any atom is -0.483 e. The number of carbonyl (C=O) groups excluding carboxylic acids is 2. The Hall–Kier alpha value is -2.87. The smallest absolute Gasteiger partial charge is 0.266 e. The SMILES string of the molecule is CCn1nccc1N(C(=O)COc1cccc(OCOC)c1C=O)C(C)C. The van der Waals surface area contributed by atoms with Gasteiger partial charge >= 0.3 is 0 Å². The lowest BCUT2D eigenvalue weighted by molar-refractivity contribution is -0.121. The number of aldehydes is 1. The summed E-state index contributed by atoms with van der Waals surface area (Å²) in [5.74, 6) is 1.08. The quantitative estimate of drug-likeness (QED) is 0.469. The second-order valence-electron chi connectivity index (χ2n) is 5.99. The van der Waals surface area contributed by atoms with Gasteiger partial charge in [0, 0.05) is 25.8 Å². The molecule has 0 aliphatic rings. The molecule has 2 aromatic rings. The van der Waals surface area contributed by atoms with Crippen molar-refractivity contribution in [3.63, 3.8) is 0 Å². The van der Waals surface area contributed by atoms with Crippen molar-refractivity contribution in [2.24, 2.45) is 0 Å². The zero-order valence-corrected chi connectivity index (χ0v) is 16.0. The third kappa shape index (κ3) is 4.85. The molecule has 8 nitrogen and oxygen atoms in total. The van der Waals surface area contributed by atoms with E-state index in [0.29, 0.717) is 24.4 Å². The Morgan fingerprint density at radius 3 is 2.56 bits per heavy atom. The summed E-state index contributed by atoms with van der Waals surface area (Å²) in [6, 6.07) is 6.65. The highest BCUT2D eigenvalue weighted by atomic mass is 16.7. The highest BCUT2D eigenvalue weighted by molar-refractivity contribution is 5.94. The van der Waals surface area contributed by atoms with Gasteiger partial charge < -0.3 is 14.2 Å². The average molecular weight is 375 g/mol. The molecule has 0 N–H and O–H groups in total. The molecule has 146 valence electrons. The van der Waals surface area contributed by atoms with E-state index in [1.54, 1.807) is 40.0 Å². The summed E-state index contributed by atoms with van der Waals surface area (Å²) in [4.78, 5) is 25.9. The number of nitrogens with zero attached hydrogens (tertiary/aromatic N) is 3. The second kappa shape index (κ2) is 9.72. The van der Waals surface area contributed by atoms with Crippen LogP contribution in [-0.2, 0) is 16.1 Å². The monoisotopic (exact) mass is 375 g/mol. The number of carbonyl (C=O) groups is 2. The molecule has 0 radical (unpaired) electrons. The Balaban J connectivity index is 2.17. The Bertz CT molecular complexity index is 772. The minimum atomic E-state index is -0.236. The lowest BCUT2D eigenvalue weighted by atomic mass is 10.2. The number of amides is 1. The maximum Gasteiger partial charge on any atom is 0.266 e. The summed E-state index contributed by atoms with van der Waals surface area (Å²) in [5, 5.41) is 4.21. The number of aromatic nitrogens is 2. The van der Waals surface area contributed by atoms with E-state index in [9.17, 15) is 9.59 Å². The van der Waals surface area contributed by atoms with Crippen molar-refractivity contribution in [2.45, 2.75) is 33.4 Å². The minimum absolute atomic E-state index is 0.00532. The predicted octanol–water partition coefficient (Wildman–Crippen LogP) is 2.52. The van der Waals surface area contributed by atoms with Crippen LogP contribution in [0.1, 0.15) is 31.1 Å². The number of methoxy groups -OCH3 is 1. The Morgan fingerprint density at radius 1 is 1.26 bits per heavy atom. The van der Waals surface area contributed by atoms with E-state index in [-0.39, 0.29) is 36.7 Å². The van der Waals surface area contributed by atoms with Gasteiger partial charge in [0.1, 0.15) is 17.3 Å². The van der Waals surface area contributed by atoms with Crippen LogP contribution < -0.4 is 14.4 Å². The largest absolute Gasteiger partial charge is 0.483 e. The first-order valence-electron chi connectivity index (χ1n) is 8.70. The molecular weight excluding hydrogens is 350 g/mol. The van der Waals surface area contributed by atoms with Crippen molar-refractivity contribution in [3.05, 3.63) is 36.0 Å². The van der Waals surface area contributed by atoms with Crippen molar-refractivity contribution in [1.29, 1.82) is 0 Å². The van der Waals surface area contributed by atoms with Crippen LogP contribution in [0.15, 0.2) is 30.5 Å². The van der Waals surface area contributed by atoms with E-state index in [1.807, 2.05) is 20.8 Å². The van der Waals surface area contributed by atoms with Crippen molar-refractivity contribution in [1.82, 2.24) is 9.78 Å². The molecule has 0 spiro atoms. The lowest BCUT2D eigenvalue weighted by Crippen LogP contribution is -2.41. The zero-order chi connectivity index (χ0) is 19.8.